The van der Waals surface area contributed by atoms with Crippen LogP contribution in [0.4, 0.5) is 0 Å². The second-order valence-electron chi connectivity index (χ2n) is 6.65. The fourth-order valence-corrected chi connectivity index (χ4v) is 3.60. The van der Waals surface area contributed by atoms with Gasteiger partial charge in [-0.05, 0) is 36.1 Å². The molecule has 0 aliphatic carbocycles. The Morgan fingerprint density at radius 1 is 1.21 bits per heavy atom. The molecular weight excluding hydrogens is 390 g/mol. The third-order valence-corrected chi connectivity index (χ3v) is 4.99. The summed E-state index contributed by atoms with van der Waals surface area (Å²) < 4.78 is 11.1. The Balaban J connectivity index is 1.69. The Hall–Kier alpha value is -3.41. The van der Waals surface area contributed by atoms with Gasteiger partial charge in [0.2, 0.25) is 0 Å². The predicted octanol–water partition coefficient (Wildman–Crippen LogP) is 2.43. The zero-order valence-corrected chi connectivity index (χ0v) is 16.6. The largest absolute Gasteiger partial charge is 0.377 e. The van der Waals surface area contributed by atoms with Crippen molar-refractivity contribution >= 4 is 11.6 Å². The molecule has 0 unspecified atom stereocenters. The molecule has 1 aliphatic heterocycles. The highest BCUT2D eigenvalue weighted by atomic mass is 35.5. The zero-order valence-electron chi connectivity index (χ0n) is 15.8. The molecule has 9 heteroatoms. The smallest absolute Gasteiger partial charge is 0.166 e. The first-order chi connectivity index (χ1) is 14.1. The number of aromatic nitrogens is 7. The van der Waals surface area contributed by atoms with Crippen LogP contribution in [0.25, 0.3) is 17.1 Å². The van der Waals surface area contributed by atoms with Crippen molar-refractivity contribution in [1.29, 1.82) is 0 Å². The summed E-state index contributed by atoms with van der Waals surface area (Å²) in [5, 5.41) is 13.6. The van der Waals surface area contributed by atoms with Gasteiger partial charge >= 0.3 is 0 Å². The van der Waals surface area contributed by atoms with Crippen LogP contribution >= 0.6 is 11.6 Å². The standard InChI is InChI=1S/C20H16ClN7O/c1-26-8-7-14(25-26)4-5-16-18-10-27-19(11-29-2)23-24-20(27)15-9-13(21)3-6-17(15)28(18)12-22-16/h3,6-9,12H,10-11H2,1-2H3. The van der Waals surface area contributed by atoms with Gasteiger partial charge in [-0.2, -0.15) is 5.10 Å². The maximum Gasteiger partial charge on any atom is 0.166 e. The Morgan fingerprint density at radius 3 is 2.90 bits per heavy atom. The Bertz CT molecular complexity index is 1290. The van der Waals surface area contributed by atoms with E-state index < -0.39 is 0 Å². The lowest BCUT2D eigenvalue weighted by Crippen LogP contribution is -2.09. The van der Waals surface area contributed by atoms with E-state index in [-0.39, 0.29) is 0 Å². The minimum absolute atomic E-state index is 0.353. The highest BCUT2D eigenvalue weighted by Crippen LogP contribution is 2.34. The molecule has 3 aromatic heterocycles. The number of nitrogens with zero attached hydrogens (tertiary/aromatic N) is 7. The van der Waals surface area contributed by atoms with E-state index in [2.05, 4.69) is 32.1 Å². The monoisotopic (exact) mass is 405 g/mol. The van der Waals surface area contributed by atoms with Crippen LogP contribution in [0.3, 0.4) is 0 Å². The number of aryl methyl sites for hydroxylation is 1. The summed E-state index contributed by atoms with van der Waals surface area (Å²) in [5.41, 5.74) is 4.13. The van der Waals surface area contributed by atoms with Gasteiger partial charge in [0.05, 0.1) is 17.9 Å². The lowest BCUT2D eigenvalue weighted by atomic mass is 10.1. The molecule has 1 aromatic carbocycles. The number of methoxy groups -OCH3 is 1. The minimum atomic E-state index is 0.353. The van der Waals surface area contributed by atoms with Gasteiger partial charge in [0.15, 0.2) is 11.6 Å². The summed E-state index contributed by atoms with van der Waals surface area (Å²) in [6, 6.07) is 7.57. The first-order valence-electron chi connectivity index (χ1n) is 8.93. The van der Waals surface area contributed by atoms with E-state index >= 15 is 0 Å². The quantitative estimate of drug-likeness (QED) is 0.422. The molecule has 0 bridgehead atoms. The molecule has 0 radical (unpaired) electrons. The van der Waals surface area contributed by atoms with Gasteiger partial charge < -0.3 is 9.30 Å². The molecule has 0 spiro atoms. The number of benzene rings is 1. The molecule has 5 rings (SSSR count). The summed E-state index contributed by atoms with van der Waals surface area (Å²) in [6.07, 6.45) is 3.64. The van der Waals surface area contributed by atoms with Gasteiger partial charge in [-0.1, -0.05) is 11.6 Å². The van der Waals surface area contributed by atoms with E-state index in [4.69, 9.17) is 16.3 Å². The summed E-state index contributed by atoms with van der Waals surface area (Å²) in [6.45, 7) is 0.867. The van der Waals surface area contributed by atoms with E-state index in [1.807, 2.05) is 46.6 Å². The average Bonchev–Trinajstić information content (AvgIpc) is 3.39. The maximum absolute atomic E-state index is 6.28. The van der Waals surface area contributed by atoms with Crippen molar-refractivity contribution in [1.82, 2.24) is 34.1 Å². The number of hydrogen-bond donors (Lipinski definition) is 0. The number of halogens is 1. The van der Waals surface area contributed by atoms with Gasteiger partial charge in [0.1, 0.15) is 24.3 Å². The number of ether oxygens (including phenoxy) is 1. The van der Waals surface area contributed by atoms with Crippen LogP contribution in [0.15, 0.2) is 36.8 Å². The topological polar surface area (TPSA) is 75.6 Å². The lowest BCUT2D eigenvalue weighted by Gasteiger charge is -2.08. The van der Waals surface area contributed by atoms with Crippen molar-refractivity contribution in [3.63, 3.8) is 0 Å². The molecule has 0 atom stereocenters. The SMILES string of the molecule is COCc1nnc2n1Cc1c(C#Cc3ccn(C)n3)ncn1-c1ccc(Cl)cc1-2. The third kappa shape index (κ3) is 3.01. The molecule has 0 fully saturated rings. The fraction of sp³-hybridized carbons (Fsp3) is 0.200. The molecule has 0 saturated carbocycles. The second kappa shape index (κ2) is 6.88. The van der Waals surface area contributed by atoms with Crippen LogP contribution < -0.4 is 0 Å². The molecule has 0 amide bonds. The number of imidazole rings is 1. The summed E-state index contributed by atoms with van der Waals surface area (Å²) in [7, 11) is 3.50. The highest BCUT2D eigenvalue weighted by Gasteiger charge is 2.25. The first-order valence-corrected chi connectivity index (χ1v) is 9.31. The normalized spacial score (nSPS) is 11.8. The van der Waals surface area contributed by atoms with Gasteiger partial charge in [0.25, 0.3) is 0 Å². The fourth-order valence-electron chi connectivity index (χ4n) is 3.43. The van der Waals surface area contributed by atoms with Gasteiger partial charge in [-0.3, -0.25) is 9.25 Å². The van der Waals surface area contributed by atoms with Crippen LogP contribution in [0.2, 0.25) is 5.02 Å². The molecule has 144 valence electrons. The minimum Gasteiger partial charge on any atom is -0.377 e. The highest BCUT2D eigenvalue weighted by molar-refractivity contribution is 6.31. The van der Waals surface area contributed by atoms with Crippen molar-refractivity contribution < 1.29 is 4.74 Å². The van der Waals surface area contributed by atoms with E-state index in [1.165, 1.54) is 0 Å². The van der Waals surface area contributed by atoms with E-state index in [1.54, 1.807) is 18.1 Å². The summed E-state index contributed by atoms with van der Waals surface area (Å²) >= 11 is 6.28. The first kappa shape index (κ1) is 17.7. The molecule has 1 aliphatic rings. The Kier molecular flexibility index (Phi) is 4.19. The van der Waals surface area contributed by atoms with Crippen LogP contribution in [-0.4, -0.2) is 41.2 Å². The van der Waals surface area contributed by atoms with Crippen molar-refractivity contribution in [2.45, 2.75) is 13.2 Å². The molecular formula is C20H16ClN7O. The molecule has 4 aromatic rings. The van der Waals surface area contributed by atoms with E-state index in [9.17, 15) is 0 Å². The second-order valence-corrected chi connectivity index (χ2v) is 7.09. The van der Waals surface area contributed by atoms with Crippen LogP contribution in [-0.2, 0) is 24.9 Å². The van der Waals surface area contributed by atoms with Crippen LogP contribution in [0.5, 0.6) is 0 Å². The number of hydrogen-bond acceptors (Lipinski definition) is 5. The van der Waals surface area contributed by atoms with Gasteiger partial charge in [-0.25, -0.2) is 4.98 Å². The van der Waals surface area contributed by atoms with Crippen molar-refractivity contribution in [2.75, 3.05) is 7.11 Å². The van der Waals surface area contributed by atoms with Gasteiger partial charge in [0, 0.05) is 30.9 Å². The number of rotatable bonds is 2. The summed E-state index contributed by atoms with van der Waals surface area (Å²) in [4.78, 5) is 4.55. The average molecular weight is 406 g/mol. The zero-order chi connectivity index (χ0) is 20.0. The van der Waals surface area contributed by atoms with Crippen LogP contribution in [0.1, 0.15) is 22.9 Å². The molecule has 4 heterocycles. The van der Waals surface area contributed by atoms with Crippen LogP contribution in [0, 0.1) is 11.8 Å². The van der Waals surface area contributed by atoms with Crippen molar-refractivity contribution in [3.8, 4) is 28.9 Å². The summed E-state index contributed by atoms with van der Waals surface area (Å²) in [5.74, 6) is 7.71. The molecule has 0 N–H and O–H groups in total. The third-order valence-electron chi connectivity index (χ3n) is 4.76. The molecule has 0 saturated heterocycles. The Labute approximate surface area is 171 Å². The van der Waals surface area contributed by atoms with Gasteiger partial charge in [-0.15, -0.1) is 10.2 Å². The number of fused-ring (bicyclic) bond motifs is 5. The molecule has 8 nitrogen and oxygen atoms in total. The Morgan fingerprint density at radius 2 is 2.10 bits per heavy atom. The van der Waals surface area contributed by atoms with E-state index in [0.29, 0.717) is 29.6 Å². The lowest BCUT2D eigenvalue weighted by molar-refractivity contribution is 0.174. The van der Waals surface area contributed by atoms with Crippen molar-refractivity contribution in [3.05, 3.63) is 64.7 Å². The van der Waals surface area contributed by atoms with Crippen molar-refractivity contribution in [2.24, 2.45) is 7.05 Å². The van der Waals surface area contributed by atoms with E-state index in [0.717, 1.165) is 28.6 Å². The molecule has 29 heavy (non-hydrogen) atoms. The maximum atomic E-state index is 6.28. The predicted molar refractivity (Wildman–Crippen MR) is 107 cm³/mol.